The minimum absolute atomic E-state index is 0.115. The van der Waals surface area contributed by atoms with Gasteiger partial charge in [0.25, 0.3) is 5.91 Å². The third-order valence-corrected chi connectivity index (χ3v) is 5.11. The van der Waals surface area contributed by atoms with Gasteiger partial charge in [0, 0.05) is 12.0 Å². The number of ketones is 1. The molecule has 3 rings (SSSR count). The number of amides is 3. The van der Waals surface area contributed by atoms with Gasteiger partial charge < -0.3 is 16.0 Å². The lowest BCUT2D eigenvalue weighted by molar-refractivity contribution is -0.129. The van der Waals surface area contributed by atoms with Crippen LogP contribution >= 0.6 is 0 Å². The van der Waals surface area contributed by atoms with E-state index in [1.165, 1.54) is 13.3 Å². The molecule has 0 aliphatic carbocycles. The number of carbonyl (C=O) groups excluding carboxylic acids is 4. The molecule has 3 aromatic rings. The second kappa shape index (κ2) is 15.7. The standard InChI is InChI=1S/C27H27N3O4.C3H8/c1-19(31)17-28-27(34)24(16-20-8-4-2-5-9-20)30-25(32)18-29-26(33)23-14-12-22(13-15-23)21-10-6-3-7-11-21;1-3-2/h2-15,24H,16-18H2,1H3,(H,28,34)(H,29,33)(H,30,32);3H2,1-2H3. The summed E-state index contributed by atoms with van der Waals surface area (Å²) in [6.07, 6.45) is 1.51. The van der Waals surface area contributed by atoms with Crippen LogP contribution in [0.5, 0.6) is 0 Å². The van der Waals surface area contributed by atoms with Gasteiger partial charge in [-0.05, 0) is 35.7 Å². The SMILES string of the molecule is CC(=O)CNC(=O)C(Cc1ccccc1)NC(=O)CNC(=O)c1ccc(-c2ccccc2)cc1.CCC. The van der Waals surface area contributed by atoms with E-state index in [1.807, 2.05) is 72.8 Å². The van der Waals surface area contributed by atoms with E-state index in [-0.39, 0.29) is 25.3 Å². The van der Waals surface area contributed by atoms with Gasteiger partial charge in [0.15, 0.2) is 0 Å². The Kier molecular flexibility index (Phi) is 12.3. The fourth-order valence-corrected chi connectivity index (χ4v) is 3.35. The van der Waals surface area contributed by atoms with Crippen molar-refractivity contribution in [3.63, 3.8) is 0 Å². The third kappa shape index (κ3) is 10.5. The first-order chi connectivity index (χ1) is 17.8. The minimum atomic E-state index is -0.878. The molecule has 1 atom stereocenters. The molecule has 37 heavy (non-hydrogen) atoms. The van der Waals surface area contributed by atoms with Crippen molar-refractivity contribution in [3.8, 4) is 11.1 Å². The zero-order valence-corrected chi connectivity index (χ0v) is 21.6. The number of hydrogen-bond donors (Lipinski definition) is 3. The summed E-state index contributed by atoms with van der Waals surface area (Å²) in [6, 6.07) is 25.2. The van der Waals surface area contributed by atoms with E-state index in [4.69, 9.17) is 0 Å². The lowest BCUT2D eigenvalue weighted by Crippen LogP contribution is -2.51. The summed E-state index contributed by atoms with van der Waals surface area (Å²) >= 11 is 0. The van der Waals surface area contributed by atoms with Crippen LogP contribution in [0.2, 0.25) is 0 Å². The summed E-state index contributed by atoms with van der Waals surface area (Å²) in [5.74, 6) is -1.55. The molecular formula is C30H35N3O4. The maximum Gasteiger partial charge on any atom is 0.251 e. The van der Waals surface area contributed by atoms with Gasteiger partial charge in [0.2, 0.25) is 11.8 Å². The van der Waals surface area contributed by atoms with Crippen LogP contribution in [0.3, 0.4) is 0 Å². The Hall–Kier alpha value is -4.26. The second-order valence-electron chi connectivity index (χ2n) is 8.56. The van der Waals surface area contributed by atoms with Gasteiger partial charge in [0.1, 0.15) is 11.8 Å². The molecule has 0 fully saturated rings. The molecule has 7 nitrogen and oxygen atoms in total. The van der Waals surface area contributed by atoms with Crippen LogP contribution in [0.25, 0.3) is 11.1 Å². The highest BCUT2D eigenvalue weighted by Gasteiger charge is 2.21. The number of carbonyl (C=O) groups is 4. The minimum Gasteiger partial charge on any atom is -0.347 e. The Bertz CT molecular complexity index is 1150. The monoisotopic (exact) mass is 501 g/mol. The number of rotatable bonds is 10. The second-order valence-corrected chi connectivity index (χ2v) is 8.56. The molecule has 0 spiro atoms. The third-order valence-electron chi connectivity index (χ3n) is 5.11. The zero-order chi connectivity index (χ0) is 27.0. The predicted octanol–water partition coefficient (Wildman–Crippen LogP) is 3.93. The van der Waals surface area contributed by atoms with E-state index in [2.05, 4.69) is 29.8 Å². The van der Waals surface area contributed by atoms with E-state index in [0.29, 0.717) is 5.56 Å². The molecule has 0 saturated heterocycles. The lowest BCUT2D eigenvalue weighted by atomic mass is 10.0. The van der Waals surface area contributed by atoms with Gasteiger partial charge in [-0.15, -0.1) is 0 Å². The molecule has 0 heterocycles. The fraction of sp³-hybridized carbons (Fsp3) is 0.267. The summed E-state index contributed by atoms with van der Waals surface area (Å²) in [6.45, 7) is 5.22. The average Bonchev–Trinajstić information content (AvgIpc) is 2.91. The van der Waals surface area contributed by atoms with Crippen molar-refractivity contribution >= 4 is 23.5 Å². The van der Waals surface area contributed by atoms with Crippen molar-refractivity contribution in [2.45, 2.75) is 39.7 Å². The fourth-order valence-electron chi connectivity index (χ4n) is 3.35. The first-order valence-corrected chi connectivity index (χ1v) is 12.4. The van der Waals surface area contributed by atoms with Crippen molar-refractivity contribution in [3.05, 3.63) is 96.1 Å². The topological polar surface area (TPSA) is 104 Å². The van der Waals surface area contributed by atoms with Crippen LogP contribution < -0.4 is 16.0 Å². The van der Waals surface area contributed by atoms with E-state index < -0.39 is 23.8 Å². The Morgan fingerprint density at radius 3 is 1.81 bits per heavy atom. The number of nitrogens with one attached hydrogen (secondary N) is 3. The quantitative estimate of drug-likeness (QED) is 0.392. The maximum atomic E-state index is 12.5. The Labute approximate surface area is 218 Å². The first-order valence-electron chi connectivity index (χ1n) is 12.4. The molecule has 0 bridgehead atoms. The molecule has 0 aromatic heterocycles. The molecule has 0 aliphatic heterocycles. The maximum absolute atomic E-state index is 12.5. The largest absolute Gasteiger partial charge is 0.347 e. The lowest BCUT2D eigenvalue weighted by Gasteiger charge is -2.18. The summed E-state index contributed by atoms with van der Waals surface area (Å²) < 4.78 is 0. The molecule has 1 unspecified atom stereocenters. The molecule has 3 amide bonds. The van der Waals surface area contributed by atoms with Gasteiger partial charge in [-0.1, -0.05) is 93.1 Å². The van der Waals surface area contributed by atoms with E-state index in [9.17, 15) is 19.2 Å². The number of benzene rings is 3. The van der Waals surface area contributed by atoms with E-state index in [0.717, 1.165) is 16.7 Å². The van der Waals surface area contributed by atoms with Crippen molar-refractivity contribution < 1.29 is 19.2 Å². The highest BCUT2D eigenvalue weighted by Crippen LogP contribution is 2.19. The van der Waals surface area contributed by atoms with Crippen LogP contribution in [-0.4, -0.2) is 42.6 Å². The average molecular weight is 502 g/mol. The summed E-state index contributed by atoms with van der Waals surface area (Å²) in [7, 11) is 0. The van der Waals surface area contributed by atoms with Crippen LogP contribution in [0.4, 0.5) is 0 Å². The van der Waals surface area contributed by atoms with Crippen molar-refractivity contribution in [1.29, 1.82) is 0 Å². The van der Waals surface area contributed by atoms with Crippen LogP contribution in [0, 0.1) is 0 Å². The summed E-state index contributed by atoms with van der Waals surface area (Å²) in [4.78, 5) is 48.7. The van der Waals surface area contributed by atoms with Gasteiger partial charge in [-0.25, -0.2) is 0 Å². The highest BCUT2D eigenvalue weighted by atomic mass is 16.2. The van der Waals surface area contributed by atoms with Crippen LogP contribution in [0.15, 0.2) is 84.9 Å². The molecule has 3 N–H and O–H groups in total. The first kappa shape index (κ1) is 29.0. The molecule has 0 saturated carbocycles. The Morgan fingerprint density at radius 2 is 1.24 bits per heavy atom. The Morgan fingerprint density at radius 1 is 0.703 bits per heavy atom. The Balaban J connectivity index is 0.00000153. The van der Waals surface area contributed by atoms with Crippen LogP contribution in [-0.2, 0) is 20.8 Å². The van der Waals surface area contributed by atoms with Crippen molar-refractivity contribution in [2.75, 3.05) is 13.1 Å². The smallest absolute Gasteiger partial charge is 0.251 e. The van der Waals surface area contributed by atoms with Gasteiger partial charge in [-0.2, -0.15) is 0 Å². The zero-order valence-electron chi connectivity index (χ0n) is 21.6. The normalized spacial score (nSPS) is 10.8. The summed E-state index contributed by atoms with van der Waals surface area (Å²) in [5.41, 5.74) is 3.30. The molecular weight excluding hydrogens is 466 g/mol. The predicted molar refractivity (Wildman–Crippen MR) is 146 cm³/mol. The van der Waals surface area contributed by atoms with E-state index >= 15 is 0 Å². The highest BCUT2D eigenvalue weighted by molar-refractivity contribution is 5.97. The molecule has 7 heteroatoms. The molecule has 3 aromatic carbocycles. The summed E-state index contributed by atoms with van der Waals surface area (Å²) in [5, 5.41) is 7.76. The molecule has 194 valence electrons. The van der Waals surface area contributed by atoms with E-state index in [1.54, 1.807) is 12.1 Å². The molecule has 0 radical (unpaired) electrons. The van der Waals surface area contributed by atoms with Crippen LogP contribution in [0.1, 0.15) is 43.1 Å². The van der Waals surface area contributed by atoms with Crippen molar-refractivity contribution in [1.82, 2.24) is 16.0 Å². The molecule has 0 aliphatic rings. The van der Waals surface area contributed by atoms with Crippen molar-refractivity contribution in [2.24, 2.45) is 0 Å². The number of hydrogen-bond acceptors (Lipinski definition) is 4. The van der Waals surface area contributed by atoms with Gasteiger partial charge in [0.05, 0.1) is 13.1 Å². The van der Waals surface area contributed by atoms with Gasteiger partial charge in [-0.3, -0.25) is 19.2 Å². The number of Topliss-reactive ketones (excluding diaryl/α,β-unsaturated/α-hetero) is 1. The van der Waals surface area contributed by atoms with Gasteiger partial charge >= 0.3 is 0 Å².